The molecule has 0 bridgehead atoms. The number of pyridine rings is 1. The Kier molecular flexibility index (Phi) is 5.82. The van der Waals surface area contributed by atoms with Crippen molar-refractivity contribution in [3.8, 4) is 11.1 Å². The number of rotatable bonds is 5. The van der Waals surface area contributed by atoms with Crippen LogP contribution < -0.4 is 5.73 Å². The number of hydrogen-bond acceptors (Lipinski definition) is 4. The lowest BCUT2D eigenvalue weighted by atomic mass is 9.90. The van der Waals surface area contributed by atoms with Gasteiger partial charge in [-0.25, -0.2) is 0 Å². The summed E-state index contributed by atoms with van der Waals surface area (Å²) >= 11 is 0. The van der Waals surface area contributed by atoms with Crippen molar-refractivity contribution in [1.29, 1.82) is 0 Å². The number of morpholine rings is 1. The SMILES string of the molecule is Cc1ccc(-c2cccc(CC3(C(N)=O)CN(C(=O)c4ccncc4)CCO3)c2)cc1. The number of primary amides is 1. The van der Waals surface area contributed by atoms with E-state index in [1.165, 1.54) is 5.56 Å². The maximum atomic E-state index is 12.9. The molecule has 1 fully saturated rings. The van der Waals surface area contributed by atoms with Gasteiger partial charge >= 0.3 is 0 Å². The van der Waals surface area contributed by atoms with E-state index in [2.05, 4.69) is 36.2 Å². The highest BCUT2D eigenvalue weighted by molar-refractivity contribution is 5.95. The number of amides is 2. The molecule has 1 unspecified atom stereocenters. The van der Waals surface area contributed by atoms with Crippen LogP contribution in [-0.2, 0) is 16.0 Å². The third-order valence-electron chi connectivity index (χ3n) is 5.65. The first-order valence-electron chi connectivity index (χ1n) is 10.3. The molecule has 2 aromatic carbocycles. The molecule has 6 heteroatoms. The fourth-order valence-corrected chi connectivity index (χ4v) is 3.91. The van der Waals surface area contributed by atoms with E-state index in [4.69, 9.17) is 10.5 Å². The summed E-state index contributed by atoms with van der Waals surface area (Å²) in [5.74, 6) is -0.731. The van der Waals surface area contributed by atoms with E-state index >= 15 is 0 Å². The zero-order valence-electron chi connectivity index (χ0n) is 17.5. The molecule has 0 aliphatic carbocycles. The second-order valence-corrected chi connectivity index (χ2v) is 7.91. The van der Waals surface area contributed by atoms with Gasteiger partial charge in [-0.3, -0.25) is 14.6 Å². The van der Waals surface area contributed by atoms with Gasteiger partial charge in [-0.1, -0.05) is 54.1 Å². The Morgan fingerprint density at radius 1 is 1.06 bits per heavy atom. The van der Waals surface area contributed by atoms with E-state index in [1.54, 1.807) is 29.4 Å². The van der Waals surface area contributed by atoms with Crippen LogP contribution in [0.1, 0.15) is 21.5 Å². The van der Waals surface area contributed by atoms with Crippen LogP contribution in [0.25, 0.3) is 11.1 Å². The topological polar surface area (TPSA) is 85.5 Å². The Bertz CT molecular complexity index is 1080. The molecular weight excluding hydrogens is 390 g/mol. The first kappa shape index (κ1) is 20.8. The van der Waals surface area contributed by atoms with Gasteiger partial charge in [0.2, 0.25) is 0 Å². The van der Waals surface area contributed by atoms with E-state index in [-0.39, 0.29) is 19.1 Å². The van der Waals surface area contributed by atoms with Gasteiger partial charge in [0.1, 0.15) is 0 Å². The first-order chi connectivity index (χ1) is 15.0. The van der Waals surface area contributed by atoms with E-state index < -0.39 is 11.5 Å². The monoisotopic (exact) mass is 415 g/mol. The molecule has 3 aromatic rings. The predicted octanol–water partition coefficient (Wildman–Crippen LogP) is 3.00. The second kappa shape index (κ2) is 8.70. The number of carbonyl (C=O) groups excluding carboxylic acids is 2. The van der Waals surface area contributed by atoms with Crippen molar-refractivity contribution in [2.45, 2.75) is 18.9 Å². The standard InChI is InChI=1S/C25H25N3O3/c1-18-5-7-20(8-6-18)22-4-2-3-19(15-22)16-25(24(26)30)17-28(13-14-31-25)23(29)21-9-11-27-12-10-21/h2-12,15H,13-14,16-17H2,1H3,(H2,26,30). The summed E-state index contributed by atoms with van der Waals surface area (Å²) in [4.78, 5) is 31.0. The maximum absolute atomic E-state index is 12.9. The number of hydrogen-bond donors (Lipinski definition) is 1. The van der Waals surface area contributed by atoms with Crippen LogP contribution in [0.2, 0.25) is 0 Å². The number of ether oxygens (including phenoxy) is 1. The Balaban J connectivity index is 1.59. The predicted molar refractivity (Wildman–Crippen MR) is 118 cm³/mol. The van der Waals surface area contributed by atoms with Gasteiger partial charge in [0.05, 0.1) is 13.2 Å². The third kappa shape index (κ3) is 4.49. The van der Waals surface area contributed by atoms with Crippen molar-refractivity contribution < 1.29 is 14.3 Å². The highest BCUT2D eigenvalue weighted by Crippen LogP contribution is 2.27. The summed E-state index contributed by atoms with van der Waals surface area (Å²) in [5, 5.41) is 0. The molecule has 6 nitrogen and oxygen atoms in total. The molecule has 158 valence electrons. The zero-order valence-corrected chi connectivity index (χ0v) is 17.5. The molecule has 0 radical (unpaired) electrons. The number of aromatic nitrogens is 1. The molecule has 1 atom stereocenters. The minimum atomic E-state index is -1.27. The molecule has 1 saturated heterocycles. The molecule has 4 rings (SSSR count). The van der Waals surface area contributed by atoms with Crippen LogP contribution in [0.15, 0.2) is 73.1 Å². The van der Waals surface area contributed by atoms with Crippen LogP contribution in [0.3, 0.4) is 0 Å². The second-order valence-electron chi connectivity index (χ2n) is 7.91. The summed E-state index contributed by atoms with van der Waals surface area (Å²) < 4.78 is 5.93. The zero-order chi connectivity index (χ0) is 21.8. The van der Waals surface area contributed by atoms with Gasteiger partial charge in [-0.2, -0.15) is 0 Å². The molecule has 0 spiro atoms. The van der Waals surface area contributed by atoms with Crippen LogP contribution in [0.5, 0.6) is 0 Å². The number of benzene rings is 2. The number of nitrogens with two attached hydrogens (primary N) is 1. The van der Waals surface area contributed by atoms with Gasteiger partial charge < -0.3 is 15.4 Å². The van der Waals surface area contributed by atoms with E-state index in [0.717, 1.165) is 16.7 Å². The summed E-state index contributed by atoms with van der Waals surface area (Å²) in [6.45, 7) is 2.81. The molecule has 1 aliphatic rings. The van der Waals surface area contributed by atoms with Gasteiger partial charge in [0.25, 0.3) is 11.8 Å². The van der Waals surface area contributed by atoms with E-state index in [0.29, 0.717) is 18.5 Å². The van der Waals surface area contributed by atoms with Crippen molar-refractivity contribution >= 4 is 11.8 Å². The lowest BCUT2D eigenvalue weighted by Gasteiger charge is -2.40. The van der Waals surface area contributed by atoms with Crippen molar-refractivity contribution in [2.75, 3.05) is 19.7 Å². The number of carbonyl (C=O) groups is 2. The Hall–Kier alpha value is -3.51. The van der Waals surface area contributed by atoms with Crippen molar-refractivity contribution in [3.63, 3.8) is 0 Å². The summed E-state index contributed by atoms with van der Waals surface area (Å²) in [6.07, 6.45) is 3.44. The van der Waals surface area contributed by atoms with Gasteiger partial charge in [-0.15, -0.1) is 0 Å². The smallest absolute Gasteiger partial charge is 0.254 e. The summed E-state index contributed by atoms with van der Waals surface area (Å²) in [6, 6.07) is 19.6. The Labute approximate surface area is 181 Å². The van der Waals surface area contributed by atoms with Gasteiger partial charge in [-0.05, 0) is 35.7 Å². The van der Waals surface area contributed by atoms with Crippen molar-refractivity contribution in [3.05, 3.63) is 89.7 Å². The molecule has 0 saturated carbocycles. The minimum Gasteiger partial charge on any atom is -0.367 e. The summed E-state index contributed by atoms with van der Waals surface area (Å²) in [5.41, 5.74) is 9.33. The normalized spacial score (nSPS) is 18.5. The Morgan fingerprint density at radius 3 is 2.52 bits per heavy atom. The van der Waals surface area contributed by atoms with Crippen molar-refractivity contribution in [2.24, 2.45) is 5.73 Å². The fourth-order valence-electron chi connectivity index (χ4n) is 3.91. The average Bonchev–Trinajstić information content (AvgIpc) is 2.80. The molecular formula is C25H25N3O3. The summed E-state index contributed by atoms with van der Waals surface area (Å²) in [7, 11) is 0. The highest BCUT2D eigenvalue weighted by Gasteiger charge is 2.44. The first-order valence-corrected chi connectivity index (χ1v) is 10.3. The molecule has 1 aromatic heterocycles. The fraction of sp³-hybridized carbons (Fsp3) is 0.240. The van der Waals surface area contributed by atoms with Gasteiger partial charge in [0.15, 0.2) is 5.60 Å². The van der Waals surface area contributed by atoms with Crippen molar-refractivity contribution in [1.82, 2.24) is 9.88 Å². The maximum Gasteiger partial charge on any atom is 0.254 e. The van der Waals surface area contributed by atoms with Crippen LogP contribution in [0, 0.1) is 6.92 Å². The molecule has 31 heavy (non-hydrogen) atoms. The quantitative estimate of drug-likeness (QED) is 0.694. The largest absolute Gasteiger partial charge is 0.367 e. The molecule has 2 heterocycles. The molecule has 2 amide bonds. The molecule has 1 aliphatic heterocycles. The average molecular weight is 415 g/mol. The lowest BCUT2D eigenvalue weighted by molar-refractivity contribution is -0.153. The van der Waals surface area contributed by atoms with E-state index in [9.17, 15) is 9.59 Å². The molecule has 2 N–H and O–H groups in total. The highest BCUT2D eigenvalue weighted by atomic mass is 16.5. The van der Waals surface area contributed by atoms with Crippen LogP contribution in [0.4, 0.5) is 0 Å². The van der Waals surface area contributed by atoms with E-state index in [1.807, 2.05) is 24.3 Å². The Morgan fingerprint density at radius 2 is 1.81 bits per heavy atom. The third-order valence-corrected chi connectivity index (χ3v) is 5.65. The van der Waals surface area contributed by atoms with Crippen LogP contribution >= 0.6 is 0 Å². The minimum absolute atomic E-state index is 0.109. The van der Waals surface area contributed by atoms with Crippen LogP contribution in [-0.4, -0.2) is 47.0 Å². The van der Waals surface area contributed by atoms with Gasteiger partial charge in [0, 0.05) is 30.9 Å². The number of aryl methyl sites for hydroxylation is 1. The number of nitrogens with zero attached hydrogens (tertiary/aromatic N) is 2. The lowest BCUT2D eigenvalue weighted by Crippen LogP contribution is -2.61.